The van der Waals surface area contributed by atoms with Gasteiger partial charge in [0, 0.05) is 4.47 Å². The largest absolute Gasteiger partial charge is 0.467 e. The number of amides is 1. The summed E-state index contributed by atoms with van der Waals surface area (Å²) in [7, 11) is 1.05. The van der Waals surface area contributed by atoms with Crippen molar-refractivity contribution in [2.75, 3.05) is 13.7 Å². The van der Waals surface area contributed by atoms with Crippen molar-refractivity contribution in [3.8, 4) is 0 Å². The number of esters is 1. The van der Waals surface area contributed by atoms with Crippen LogP contribution in [-0.4, -0.2) is 36.7 Å². The number of ether oxygens (including phenoxy) is 1. The lowest BCUT2D eigenvalue weighted by molar-refractivity contribution is -0.149. The molecule has 116 valence electrons. The maximum atomic E-state index is 12.6. The number of nitrogens with one attached hydrogen (secondary N) is 1. The van der Waals surface area contributed by atoms with Crippen molar-refractivity contribution in [3.05, 3.63) is 33.8 Å². The van der Waals surface area contributed by atoms with Gasteiger partial charge in [0.25, 0.3) is 5.91 Å². The third-order valence-corrected chi connectivity index (χ3v) is 3.16. The highest BCUT2D eigenvalue weighted by molar-refractivity contribution is 9.10. The van der Waals surface area contributed by atoms with E-state index in [0.29, 0.717) is 6.07 Å². The molecule has 1 aromatic carbocycles. The molecule has 1 unspecified atom stereocenters. The Kier molecular flexibility index (Phi) is 5.73. The van der Waals surface area contributed by atoms with Gasteiger partial charge in [0.05, 0.1) is 24.8 Å². The Morgan fingerprint density at radius 3 is 2.57 bits per heavy atom. The summed E-state index contributed by atoms with van der Waals surface area (Å²) in [5.41, 5.74) is -1.24. The zero-order chi connectivity index (χ0) is 16.2. The van der Waals surface area contributed by atoms with Gasteiger partial charge in [-0.15, -0.1) is 0 Å². The molecule has 0 bridgehead atoms. The predicted octanol–water partition coefficient (Wildman–Crippen LogP) is 1.73. The molecule has 5 nitrogen and oxygen atoms in total. The summed E-state index contributed by atoms with van der Waals surface area (Å²) in [4.78, 5) is 22.7. The van der Waals surface area contributed by atoms with Gasteiger partial charge < -0.3 is 15.2 Å². The highest BCUT2D eigenvalue weighted by Crippen LogP contribution is 2.31. The van der Waals surface area contributed by atoms with Gasteiger partial charge >= 0.3 is 12.1 Å². The van der Waals surface area contributed by atoms with Crippen LogP contribution in [0, 0.1) is 0 Å². The van der Waals surface area contributed by atoms with Crippen molar-refractivity contribution < 1.29 is 32.6 Å². The number of aliphatic hydroxyl groups is 1. The van der Waals surface area contributed by atoms with E-state index in [0.717, 1.165) is 19.2 Å². The van der Waals surface area contributed by atoms with E-state index in [-0.39, 0.29) is 10.0 Å². The molecule has 0 aliphatic carbocycles. The molecule has 21 heavy (non-hydrogen) atoms. The maximum absolute atomic E-state index is 12.6. The van der Waals surface area contributed by atoms with Gasteiger partial charge in [0.15, 0.2) is 6.10 Å². The van der Waals surface area contributed by atoms with Crippen LogP contribution in [0.15, 0.2) is 22.7 Å². The van der Waals surface area contributed by atoms with Crippen LogP contribution in [-0.2, 0) is 15.7 Å². The number of alkyl halides is 3. The second-order valence-corrected chi connectivity index (χ2v) is 4.80. The van der Waals surface area contributed by atoms with Crippen LogP contribution < -0.4 is 5.32 Å². The van der Waals surface area contributed by atoms with Crippen LogP contribution in [0.5, 0.6) is 0 Å². The molecule has 1 amide bonds. The Labute approximate surface area is 126 Å². The zero-order valence-electron chi connectivity index (χ0n) is 10.7. The molecule has 0 spiro atoms. The molecule has 0 saturated heterocycles. The highest BCUT2D eigenvalue weighted by Gasteiger charge is 2.31. The normalized spacial score (nSPS) is 12.7. The van der Waals surface area contributed by atoms with Gasteiger partial charge in [0.1, 0.15) is 0 Å². The molecule has 0 aliphatic heterocycles. The van der Waals surface area contributed by atoms with E-state index in [1.165, 1.54) is 0 Å². The minimum atomic E-state index is -4.58. The minimum Gasteiger partial charge on any atom is -0.467 e. The average Bonchev–Trinajstić information content (AvgIpc) is 2.42. The number of hydrogen-bond acceptors (Lipinski definition) is 4. The number of hydrogen-bond donors (Lipinski definition) is 2. The number of halogens is 4. The van der Waals surface area contributed by atoms with Crippen LogP contribution in [0.1, 0.15) is 15.9 Å². The first-order chi connectivity index (χ1) is 9.66. The first kappa shape index (κ1) is 17.4. The quantitative estimate of drug-likeness (QED) is 0.792. The van der Waals surface area contributed by atoms with Crippen molar-refractivity contribution >= 4 is 27.8 Å². The van der Waals surface area contributed by atoms with E-state index < -0.39 is 36.3 Å². The lowest BCUT2D eigenvalue weighted by atomic mass is 10.1. The molecule has 2 N–H and O–H groups in total. The lowest BCUT2D eigenvalue weighted by Crippen LogP contribution is -2.37. The topological polar surface area (TPSA) is 75.6 Å². The number of benzene rings is 1. The number of carbonyl (C=O) groups excluding carboxylic acids is 2. The number of carbonyl (C=O) groups is 2. The highest BCUT2D eigenvalue weighted by atomic mass is 79.9. The lowest BCUT2D eigenvalue weighted by Gasteiger charge is -2.12. The maximum Gasteiger partial charge on any atom is 0.416 e. The molecular formula is C12H11BrF3NO4. The number of aliphatic hydroxyl groups excluding tert-OH is 1. The molecular weight excluding hydrogens is 359 g/mol. The van der Waals surface area contributed by atoms with Crippen LogP contribution in [0.25, 0.3) is 0 Å². The van der Waals surface area contributed by atoms with Crippen molar-refractivity contribution in [1.82, 2.24) is 5.32 Å². The van der Waals surface area contributed by atoms with Gasteiger partial charge in [-0.3, -0.25) is 4.79 Å². The molecule has 1 aromatic rings. The molecule has 1 rings (SSSR count). The molecule has 0 aromatic heterocycles. The van der Waals surface area contributed by atoms with Crippen LogP contribution in [0.3, 0.4) is 0 Å². The Bertz CT molecular complexity index is 548. The summed E-state index contributed by atoms with van der Waals surface area (Å²) >= 11 is 2.97. The summed E-state index contributed by atoms with van der Waals surface area (Å²) in [6.45, 7) is -0.478. The van der Waals surface area contributed by atoms with Crippen molar-refractivity contribution in [1.29, 1.82) is 0 Å². The SMILES string of the molecule is COC(=O)C(O)CNC(=O)c1cc(C(F)(F)F)ccc1Br. The van der Waals surface area contributed by atoms with Gasteiger partial charge in [0.2, 0.25) is 0 Å². The third-order valence-electron chi connectivity index (χ3n) is 2.47. The smallest absolute Gasteiger partial charge is 0.416 e. The van der Waals surface area contributed by atoms with E-state index in [1.807, 2.05) is 0 Å². The third kappa shape index (κ3) is 4.71. The molecule has 9 heteroatoms. The monoisotopic (exact) mass is 369 g/mol. The molecule has 0 radical (unpaired) electrons. The van der Waals surface area contributed by atoms with E-state index in [2.05, 4.69) is 26.0 Å². The zero-order valence-corrected chi connectivity index (χ0v) is 12.3. The average molecular weight is 370 g/mol. The van der Waals surface area contributed by atoms with E-state index >= 15 is 0 Å². The second-order valence-electron chi connectivity index (χ2n) is 3.94. The van der Waals surface area contributed by atoms with Crippen molar-refractivity contribution in [2.45, 2.75) is 12.3 Å². The molecule has 0 saturated carbocycles. The van der Waals surface area contributed by atoms with Crippen LogP contribution >= 0.6 is 15.9 Å². The standard InChI is InChI=1S/C12H11BrF3NO4/c1-21-11(20)9(18)5-17-10(19)7-4-6(12(14,15)16)2-3-8(7)13/h2-4,9,18H,5H2,1H3,(H,17,19). The first-order valence-electron chi connectivity index (χ1n) is 5.57. The summed E-state index contributed by atoms with van der Waals surface area (Å²) in [6.07, 6.45) is -6.18. The summed E-state index contributed by atoms with van der Waals surface area (Å²) < 4.78 is 42.1. The Morgan fingerprint density at radius 1 is 1.43 bits per heavy atom. The van der Waals surface area contributed by atoms with Gasteiger partial charge in [-0.2, -0.15) is 13.2 Å². The minimum absolute atomic E-state index is 0.153. The second kappa shape index (κ2) is 6.90. The molecule has 0 fully saturated rings. The molecule has 0 heterocycles. The van der Waals surface area contributed by atoms with E-state index in [1.54, 1.807) is 0 Å². The Balaban J connectivity index is 2.85. The van der Waals surface area contributed by atoms with Gasteiger partial charge in [-0.1, -0.05) is 0 Å². The molecule has 1 atom stereocenters. The summed E-state index contributed by atoms with van der Waals surface area (Å²) in [5, 5.41) is 11.4. The predicted molar refractivity (Wildman–Crippen MR) is 69.5 cm³/mol. The van der Waals surface area contributed by atoms with Gasteiger partial charge in [-0.05, 0) is 34.1 Å². The van der Waals surface area contributed by atoms with E-state index in [4.69, 9.17) is 0 Å². The fraction of sp³-hybridized carbons (Fsp3) is 0.333. The number of methoxy groups -OCH3 is 1. The van der Waals surface area contributed by atoms with Crippen molar-refractivity contribution in [3.63, 3.8) is 0 Å². The first-order valence-corrected chi connectivity index (χ1v) is 6.37. The fourth-order valence-electron chi connectivity index (χ4n) is 1.38. The number of rotatable bonds is 4. The Hall–Kier alpha value is -1.61. The Morgan fingerprint density at radius 2 is 2.05 bits per heavy atom. The van der Waals surface area contributed by atoms with Crippen LogP contribution in [0.4, 0.5) is 13.2 Å². The van der Waals surface area contributed by atoms with E-state index in [9.17, 15) is 27.9 Å². The van der Waals surface area contributed by atoms with Crippen molar-refractivity contribution in [2.24, 2.45) is 0 Å². The van der Waals surface area contributed by atoms with Gasteiger partial charge in [-0.25, -0.2) is 4.79 Å². The fourth-order valence-corrected chi connectivity index (χ4v) is 1.81. The summed E-state index contributed by atoms with van der Waals surface area (Å²) in [5.74, 6) is -1.82. The molecule has 0 aliphatic rings. The van der Waals surface area contributed by atoms with Crippen LogP contribution in [0.2, 0.25) is 0 Å². The summed E-state index contributed by atoms with van der Waals surface area (Å²) in [6, 6.07) is 2.59.